The minimum atomic E-state index is -0.911. The average Bonchev–Trinajstić information content (AvgIpc) is 2.46. The summed E-state index contributed by atoms with van der Waals surface area (Å²) in [5, 5.41) is 12.5. The number of nitrogens with zero attached hydrogens (tertiary/aromatic N) is 1. The first-order chi connectivity index (χ1) is 10.8. The van der Waals surface area contributed by atoms with E-state index in [2.05, 4.69) is 5.32 Å². The van der Waals surface area contributed by atoms with Crippen molar-refractivity contribution in [2.75, 3.05) is 5.32 Å². The molecule has 1 aromatic carbocycles. The first-order valence-corrected chi connectivity index (χ1v) is 8.17. The number of nitrogens with one attached hydrogen (secondary N) is 1. The Balaban J connectivity index is 2.05. The van der Waals surface area contributed by atoms with Crippen LogP contribution in [0.2, 0.25) is 0 Å². The van der Waals surface area contributed by atoms with Gasteiger partial charge in [-0.1, -0.05) is 24.6 Å². The third-order valence-corrected chi connectivity index (χ3v) is 4.35. The quantitative estimate of drug-likeness (QED) is 0.886. The van der Waals surface area contributed by atoms with Crippen LogP contribution in [0.5, 0.6) is 0 Å². The lowest BCUT2D eigenvalue weighted by atomic mass is 9.83. The Morgan fingerprint density at radius 2 is 1.83 bits per heavy atom. The van der Waals surface area contributed by atoms with Gasteiger partial charge in [0.05, 0.1) is 0 Å². The number of para-hydroxylation sites is 1. The summed E-state index contributed by atoms with van der Waals surface area (Å²) in [6, 6.07) is 9.28. The van der Waals surface area contributed by atoms with Gasteiger partial charge < -0.3 is 15.3 Å². The molecule has 0 unspecified atom stereocenters. The van der Waals surface area contributed by atoms with Crippen LogP contribution in [0.1, 0.15) is 46.5 Å². The fraction of sp³-hybridized carbons (Fsp3) is 0.556. The normalized spacial score (nSPS) is 21.5. The lowest BCUT2D eigenvalue weighted by Gasteiger charge is -2.42. The maximum atomic E-state index is 12.5. The van der Waals surface area contributed by atoms with Crippen LogP contribution in [0, 0.1) is 5.92 Å². The van der Waals surface area contributed by atoms with Crippen LogP contribution in [0.15, 0.2) is 30.3 Å². The topological polar surface area (TPSA) is 69.6 Å². The Morgan fingerprint density at radius 1 is 1.17 bits per heavy atom. The zero-order valence-corrected chi connectivity index (χ0v) is 14.1. The summed E-state index contributed by atoms with van der Waals surface area (Å²) in [6.07, 6.45) is 2.18. The second-order valence-electron chi connectivity index (χ2n) is 7.20. The van der Waals surface area contributed by atoms with Crippen molar-refractivity contribution in [3.63, 3.8) is 0 Å². The predicted molar refractivity (Wildman–Crippen MR) is 90.4 cm³/mol. The summed E-state index contributed by atoms with van der Waals surface area (Å²) in [7, 11) is 0. The molecule has 0 bridgehead atoms. The highest BCUT2D eigenvalue weighted by Gasteiger charge is 2.37. The zero-order chi connectivity index (χ0) is 17.0. The molecule has 0 aliphatic heterocycles. The molecule has 2 N–H and O–H groups in total. The minimum absolute atomic E-state index is 0.0138. The molecule has 23 heavy (non-hydrogen) atoms. The Labute approximate surface area is 137 Å². The second kappa shape index (κ2) is 7.02. The van der Waals surface area contributed by atoms with Crippen LogP contribution in [-0.4, -0.2) is 33.6 Å². The van der Waals surface area contributed by atoms with E-state index < -0.39 is 11.6 Å². The maximum absolute atomic E-state index is 12.5. The van der Waals surface area contributed by atoms with Crippen LogP contribution >= 0.6 is 0 Å². The molecule has 1 aliphatic carbocycles. The van der Waals surface area contributed by atoms with Crippen molar-refractivity contribution in [3.05, 3.63) is 30.3 Å². The zero-order valence-electron chi connectivity index (χ0n) is 14.1. The number of hydrogen-bond donors (Lipinski definition) is 2. The van der Waals surface area contributed by atoms with E-state index in [-0.39, 0.29) is 17.9 Å². The second-order valence-corrected chi connectivity index (χ2v) is 7.20. The minimum Gasteiger partial charge on any atom is -0.465 e. The van der Waals surface area contributed by atoms with Crippen molar-refractivity contribution >= 4 is 17.7 Å². The molecule has 1 aromatic rings. The molecular weight excluding hydrogens is 292 g/mol. The van der Waals surface area contributed by atoms with Gasteiger partial charge in [0.25, 0.3) is 0 Å². The van der Waals surface area contributed by atoms with E-state index in [9.17, 15) is 14.7 Å². The molecule has 0 spiro atoms. The van der Waals surface area contributed by atoms with Crippen LogP contribution in [0.3, 0.4) is 0 Å². The first-order valence-electron chi connectivity index (χ1n) is 8.17. The van der Waals surface area contributed by atoms with Gasteiger partial charge in [0, 0.05) is 23.2 Å². The Morgan fingerprint density at radius 3 is 2.39 bits per heavy atom. The molecule has 0 heterocycles. The molecule has 2 atom stereocenters. The average molecular weight is 318 g/mol. The molecular formula is C18H26N2O3. The summed E-state index contributed by atoms with van der Waals surface area (Å²) in [5.41, 5.74) is 0.319. The number of anilines is 1. The summed E-state index contributed by atoms with van der Waals surface area (Å²) < 4.78 is 0. The van der Waals surface area contributed by atoms with E-state index in [1.165, 1.54) is 4.90 Å². The van der Waals surface area contributed by atoms with E-state index >= 15 is 0 Å². The molecule has 5 heteroatoms. The lowest BCUT2D eigenvalue weighted by molar-refractivity contribution is -0.121. The molecule has 0 aromatic heterocycles. The van der Waals surface area contributed by atoms with Gasteiger partial charge in [-0.25, -0.2) is 4.79 Å². The lowest BCUT2D eigenvalue weighted by Crippen LogP contribution is -2.53. The van der Waals surface area contributed by atoms with Gasteiger partial charge in [0.2, 0.25) is 5.91 Å². The Kier molecular flexibility index (Phi) is 5.29. The molecule has 1 saturated carbocycles. The standard InChI is InChI=1S/C18H26N2O3/c1-18(2,3)20(17(22)23)15-11-7-8-13(12-15)16(21)19-14-9-5-4-6-10-14/h4-6,9-10,13,15H,7-8,11-12H2,1-3H3,(H,19,21)(H,22,23)/t13-,15+/m1/s1. The van der Waals surface area contributed by atoms with E-state index in [0.29, 0.717) is 6.42 Å². The number of benzene rings is 1. The largest absolute Gasteiger partial charge is 0.465 e. The summed E-state index contributed by atoms with van der Waals surface area (Å²) in [5.74, 6) is -0.154. The van der Waals surface area contributed by atoms with Gasteiger partial charge in [-0.2, -0.15) is 0 Å². The number of amides is 2. The van der Waals surface area contributed by atoms with Crippen molar-refractivity contribution in [1.82, 2.24) is 4.90 Å². The van der Waals surface area contributed by atoms with E-state index in [1.54, 1.807) is 0 Å². The van der Waals surface area contributed by atoms with Gasteiger partial charge in [-0.05, 0) is 52.2 Å². The smallest absolute Gasteiger partial charge is 0.407 e. The fourth-order valence-electron chi connectivity index (χ4n) is 3.39. The SMILES string of the molecule is CC(C)(C)N(C(=O)O)[C@H]1CCC[C@@H](C(=O)Nc2ccccc2)C1. The summed E-state index contributed by atoms with van der Waals surface area (Å²) in [6.45, 7) is 5.69. The molecule has 2 amide bonds. The van der Waals surface area contributed by atoms with Crippen LogP contribution < -0.4 is 5.32 Å². The monoisotopic (exact) mass is 318 g/mol. The van der Waals surface area contributed by atoms with Crippen molar-refractivity contribution in [3.8, 4) is 0 Å². The number of rotatable bonds is 3. The van der Waals surface area contributed by atoms with E-state index in [1.807, 2.05) is 51.1 Å². The van der Waals surface area contributed by atoms with Crippen molar-refractivity contribution in [2.24, 2.45) is 5.92 Å². The van der Waals surface area contributed by atoms with Crippen LogP contribution in [0.25, 0.3) is 0 Å². The number of carbonyl (C=O) groups is 2. The molecule has 126 valence electrons. The predicted octanol–water partition coefficient (Wildman–Crippen LogP) is 3.96. The number of hydrogen-bond acceptors (Lipinski definition) is 2. The molecule has 1 aliphatic rings. The molecule has 2 rings (SSSR count). The fourth-order valence-corrected chi connectivity index (χ4v) is 3.39. The maximum Gasteiger partial charge on any atom is 0.407 e. The highest BCUT2D eigenvalue weighted by atomic mass is 16.4. The molecule has 0 radical (unpaired) electrons. The van der Waals surface area contributed by atoms with E-state index in [0.717, 1.165) is 24.9 Å². The van der Waals surface area contributed by atoms with Crippen LogP contribution in [0.4, 0.5) is 10.5 Å². The van der Waals surface area contributed by atoms with Gasteiger partial charge in [0.1, 0.15) is 0 Å². The summed E-state index contributed by atoms with van der Waals surface area (Å²) in [4.78, 5) is 25.6. The molecule has 5 nitrogen and oxygen atoms in total. The molecule has 1 fully saturated rings. The third-order valence-electron chi connectivity index (χ3n) is 4.35. The highest BCUT2D eigenvalue weighted by Crippen LogP contribution is 2.32. The highest BCUT2D eigenvalue weighted by molar-refractivity contribution is 5.92. The van der Waals surface area contributed by atoms with Gasteiger partial charge in [-0.15, -0.1) is 0 Å². The first kappa shape index (κ1) is 17.3. The van der Waals surface area contributed by atoms with Crippen molar-refractivity contribution in [1.29, 1.82) is 0 Å². The Hall–Kier alpha value is -2.04. The van der Waals surface area contributed by atoms with E-state index in [4.69, 9.17) is 0 Å². The Bertz CT molecular complexity index is 551. The van der Waals surface area contributed by atoms with Crippen molar-refractivity contribution < 1.29 is 14.7 Å². The molecule has 0 saturated heterocycles. The van der Waals surface area contributed by atoms with Gasteiger partial charge in [-0.3, -0.25) is 4.79 Å². The van der Waals surface area contributed by atoms with Gasteiger partial charge >= 0.3 is 6.09 Å². The number of carbonyl (C=O) groups excluding carboxylic acids is 1. The van der Waals surface area contributed by atoms with Gasteiger partial charge in [0.15, 0.2) is 0 Å². The van der Waals surface area contributed by atoms with Crippen LogP contribution in [-0.2, 0) is 4.79 Å². The summed E-state index contributed by atoms with van der Waals surface area (Å²) >= 11 is 0. The van der Waals surface area contributed by atoms with Crippen molar-refractivity contribution in [2.45, 2.75) is 58.0 Å². The number of carboxylic acid groups (broad SMARTS) is 1. The third kappa shape index (κ3) is 4.47.